The molecule has 0 bridgehead atoms. The Morgan fingerprint density at radius 3 is 2.47 bits per heavy atom. The molecule has 0 aliphatic carbocycles. The number of aryl methyl sites for hydroxylation is 1. The highest BCUT2D eigenvalue weighted by molar-refractivity contribution is 7.89. The highest BCUT2D eigenvalue weighted by atomic mass is 32.2. The molecule has 2 aromatic rings. The first-order chi connectivity index (χ1) is 20.6. The van der Waals surface area contributed by atoms with Crippen molar-refractivity contribution in [3.63, 3.8) is 0 Å². The molecule has 1 amide bonds. The number of carbonyl (C=O) groups is 1. The minimum atomic E-state index is -3.92. The highest BCUT2D eigenvalue weighted by Gasteiger charge is 2.44. The first-order valence-corrected chi connectivity index (χ1v) is 16.2. The summed E-state index contributed by atoms with van der Waals surface area (Å²) < 4.78 is 56.1. The van der Waals surface area contributed by atoms with Crippen LogP contribution in [-0.4, -0.2) is 95.1 Å². The molecule has 2 aromatic carbocycles. The van der Waals surface area contributed by atoms with Gasteiger partial charge in [0.15, 0.2) is 6.29 Å². The van der Waals surface area contributed by atoms with Crippen molar-refractivity contribution in [2.45, 2.75) is 63.0 Å². The minimum Gasteiger partial charge on any atom is -0.491 e. The van der Waals surface area contributed by atoms with E-state index >= 15 is 0 Å². The predicted octanol–water partition coefficient (Wildman–Crippen LogP) is 3.13. The summed E-state index contributed by atoms with van der Waals surface area (Å²) in [6.07, 6.45) is -1.83. The Labute approximate surface area is 254 Å². The number of hydrogen-bond acceptors (Lipinski definition) is 9. The molecule has 0 radical (unpaired) electrons. The van der Waals surface area contributed by atoms with E-state index in [2.05, 4.69) is 5.32 Å². The summed E-state index contributed by atoms with van der Waals surface area (Å²) in [6, 6.07) is 13.1. The van der Waals surface area contributed by atoms with Crippen LogP contribution in [0.2, 0.25) is 0 Å². The standard InChI is InChI=1S/C31H44N2O9S/c1-21(2)18-33(43(36,37)25-11-5-22(3)6-12-25)19-28(34)27(17-23-7-9-24(10-8-23)39-16-15-38-4)32-31(35)42-29-20-41-30-26(29)13-14-40-30/h5-12,21,26-30,34H,13-20H2,1-4H3,(H,32,35)/t26-,27-,28?,29-,30+/m0/s1. The Balaban J connectivity index is 1.51. The molecule has 2 aliphatic rings. The van der Waals surface area contributed by atoms with E-state index in [1.54, 1.807) is 43.5 Å². The van der Waals surface area contributed by atoms with Crippen molar-refractivity contribution in [3.8, 4) is 5.75 Å². The van der Waals surface area contributed by atoms with Crippen LogP contribution in [0.15, 0.2) is 53.4 Å². The monoisotopic (exact) mass is 620 g/mol. The summed E-state index contributed by atoms with van der Waals surface area (Å²) in [5, 5.41) is 14.3. The third-order valence-electron chi connectivity index (χ3n) is 7.56. The van der Waals surface area contributed by atoms with Gasteiger partial charge in [0, 0.05) is 20.2 Å². The number of nitrogens with one attached hydrogen (secondary N) is 1. The second kappa shape index (κ2) is 15.3. The number of alkyl carbamates (subject to hydrolysis) is 1. The van der Waals surface area contributed by atoms with Gasteiger partial charge in [0.2, 0.25) is 10.0 Å². The normalized spacial score (nSPS) is 21.5. The number of methoxy groups -OCH3 is 1. The SMILES string of the molecule is COCCOc1ccc(C[C@H](NC(=O)O[C@H]2CO[C@H]3OCC[C@H]32)C(O)CN(CC(C)C)S(=O)(=O)c2ccc(C)cc2)cc1. The Hall–Kier alpha value is -2.74. The van der Waals surface area contributed by atoms with Crippen molar-refractivity contribution in [1.29, 1.82) is 0 Å². The summed E-state index contributed by atoms with van der Waals surface area (Å²) in [5.74, 6) is 0.617. The van der Waals surface area contributed by atoms with Gasteiger partial charge in [-0.15, -0.1) is 0 Å². The topological polar surface area (TPSA) is 133 Å². The second-order valence-electron chi connectivity index (χ2n) is 11.5. The van der Waals surface area contributed by atoms with Crippen LogP contribution >= 0.6 is 0 Å². The van der Waals surface area contributed by atoms with Gasteiger partial charge >= 0.3 is 6.09 Å². The number of sulfonamides is 1. The summed E-state index contributed by atoms with van der Waals surface area (Å²) in [4.78, 5) is 13.2. The molecule has 2 saturated heterocycles. The fraction of sp³-hybridized carbons (Fsp3) is 0.581. The van der Waals surface area contributed by atoms with Crippen molar-refractivity contribution in [1.82, 2.24) is 9.62 Å². The molecular weight excluding hydrogens is 576 g/mol. The average Bonchev–Trinajstić information content (AvgIpc) is 3.58. The molecule has 0 aromatic heterocycles. The summed E-state index contributed by atoms with van der Waals surface area (Å²) in [6.45, 7) is 7.33. The van der Waals surface area contributed by atoms with E-state index in [1.807, 2.05) is 32.9 Å². The maximum Gasteiger partial charge on any atom is 0.407 e. The quantitative estimate of drug-likeness (QED) is 0.288. The average molecular weight is 621 g/mol. The molecule has 11 nitrogen and oxygen atoms in total. The van der Waals surface area contributed by atoms with E-state index in [0.717, 1.165) is 17.5 Å². The van der Waals surface area contributed by atoms with E-state index in [4.69, 9.17) is 23.7 Å². The molecule has 2 fully saturated rings. The number of nitrogens with zero attached hydrogens (tertiary/aromatic N) is 1. The number of ether oxygens (including phenoxy) is 5. The number of carbonyl (C=O) groups excluding carboxylic acids is 1. The van der Waals surface area contributed by atoms with Crippen LogP contribution in [0.4, 0.5) is 4.79 Å². The third kappa shape index (κ3) is 9.13. The number of hydrogen-bond donors (Lipinski definition) is 2. The summed E-state index contributed by atoms with van der Waals surface area (Å²) in [5.41, 5.74) is 1.75. The zero-order valence-corrected chi connectivity index (χ0v) is 26.1. The van der Waals surface area contributed by atoms with E-state index < -0.39 is 34.4 Å². The largest absolute Gasteiger partial charge is 0.491 e. The fourth-order valence-electron chi connectivity index (χ4n) is 5.25. The second-order valence-corrected chi connectivity index (χ2v) is 13.4. The molecule has 2 aliphatic heterocycles. The Bertz CT molecular complexity index is 1270. The Morgan fingerprint density at radius 2 is 1.79 bits per heavy atom. The van der Waals surface area contributed by atoms with Crippen molar-refractivity contribution in [3.05, 3.63) is 59.7 Å². The van der Waals surface area contributed by atoms with Gasteiger partial charge in [-0.25, -0.2) is 13.2 Å². The minimum absolute atomic E-state index is 0.00149. The maximum absolute atomic E-state index is 13.7. The lowest BCUT2D eigenvalue weighted by molar-refractivity contribution is -0.0907. The molecule has 2 N–H and O–H groups in total. The van der Waals surface area contributed by atoms with Gasteiger partial charge in [-0.3, -0.25) is 0 Å². The summed E-state index contributed by atoms with van der Waals surface area (Å²) in [7, 11) is -2.31. The third-order valence-corrected chi connectivity index (χ3v) is 9.41. The number of benzene rings is 2. The Morgan fingerprint density at radius 1 is 1.07 bits per heavy atom. The molecule has 5 atom stereocenters. The van der Waals surface area contributed by atoms with E-state index in [-0.39, 0.29) is 49.1 Å². The molecule has 1 unspecified atom stereocenters. The van der Waals surface area contributed by atoms with E-state index in [1.165, 1.54) is 4.31 Å². The lowest BCUT2D eigenvalue weighted by Gasteiger charge is -2.31. The lowest BCUT2D eigenvalue weighted by atomic mass is 10.0. The number of rotatable bonds is 15. The number of aliphatic hydroxyl groups excluding tert-OH is 1. The molecule has 43 heavy (non-hydrogen) atoms. The zero-order chi connectivity index (χ0) is 31.0. The van der Waals surface area contributed by atoms with Gasteiger partial charge in [-0.2, -0.15) is 4.31 Å². The van der Waals surface area contributed by atoms with Gasteiger partial charge in [0.05, 0.1) is 42.8 Å². The van der Waals surface area contributed by atoms with Crippen molar-refractivity contribution >= 4 is 16.1 Å². The van der Waals surface area contributed by atoms with Gasteiger partial charge in [-0.1, -0.05) is 43.7 Å². The van der Waals surface area contributed by atoms with Crippen molar-refractivity contribution in [2.75, 3.05) is 46.6 Å². The van der Waals surface area contributed by atoms with Crippen LogP contribution in [0, 0.1) is 18.8 Å². The van der Waals surface area contributed by atoms with Crippen LogP contribution in [0.25, 0.3) is 0 Å². The zero-order valence-electron chi connectivity index (χ0n) is 25.3. The fourth-order valence-corrected chi connectivity index (χ4v) is 6.87. The van der Waals surface area contributed by atoms with Crippen molar-refractivity contribution < 1.29 is 42.0 Å². The molecule has 0 spiro atoms. The van der Waals surface area contributed by atoms with Gasteiger partial charge < -0.3 is 34.1 Å². The van der Waals surface area contributed by atoms with Crippen LogP contribution < -0.4 is 10.1 Å². The molecule has 238 valence electrons. The van der Waals surface area contributed by atoms with Gasteiger partial charge in [0.25, 0.3) is 0 Å². The number of aliphatic hydroxyl groups is 1. The Kier molecular flexibility index (Phi) is 11.8. The highest BCUT2D eigenvalue weighted by Crippen LogP contribution is 2.33. The summed E-state index contributed by atoms with van der Waals surface area (Å²) >= 11 is 0. The molecule has 4 rings (SSSR count). The molecule has 2 heterocycles. The molecule has 0 saturated carbocycles. The predicted molar refractivity (Wildman–Crippen MR) is 159 cm³/mol. The molecule has 12 heteroatoms. The van der Waals surface area contributed by atoms with Crippen LogP contribution in [0.5, 0.6) is 5.75 Å². The smallest absolute Gasteiger partial charge is 0.407 e. The van der Waals surface area contributed by atoms with Crippen LogP contribution in [-0.2, 0) is 35.4 Å². The van der Waals surface area contributed by atoms with Crippen molar-refractivity contribution in [2.24, 2.45) is 11.8 Å². The van der Waals surface area contributed by atoms with Crippen LogP contribution in [0.3, 0.4) is 0 Å². The van der Waals surface area contributed by atoms with Crippen LogP contribution in [0.1, 0.15) is 31.4 Å². The van der Waals surface area contributed by atoms with Gasteiger partial charge in [-0.05, 0) is 55.5 Å². The van der Waals surface area contributed by atoms with E-state index in [0.29, 0.717) is 25.6 Å². The first kappa shape index (κ1) is 33.2. The van der Waals surface area contributed by atoms with E-state index in [9.17, 15) is 18.3 Å². The maximum atomic E-state index is 13.7. The van der Waals surface area contributed by atoms with Gasteiger partial charge in [0.1, 0.15) is 18.5 Å². The number of fused-ring (bicyclic) bond motifs is 1. The molecular formula is C31H44N2O9S. The lowest BCUT2D eigenvalue weighted by Crippen LogP contribution is -2.51. The number of amides is 1. The first-order valence-electron chi connectivity index (χ1n) is 14.7.